The first kappa shape index (κ1) is 22.3. The van der Waals surface area contributed by atoms with E-state index in [9.17, 15) is 9.59 Å². The van der Waals surface area contributed by atoms with Gasteiger partial charge in [-0.05, 0) is 31.4 Å². The lowest BCUT2D eigenvalue weighted by atomic mass is 10.1. The van der Waals surface area contributed by atoms with Crippen molar-refractivity contribution in [1.82, 2.24) is 9.78 Å². The number of rotatable bonds is 9. The maximum atomic E-state index is 13.0. The van der Waals surface area contributed by atoms with E-state index in [1.54, 1.807) is 23.9 Å². The van der Waals surface area contributed by atoms with Gasteiger partial charge in [-0.2, -0.15) is 5.10 Å². The van der Waals surface area contributed by atoms with Gasteiger partial charge in [0.2, 0.25) is 5.91 Å². The number of aromatic nitrogens is 2. The van der Waals surface area contributed by atoms with Crippen LogP contribution in [0.2, 0.25) is 0 Å². The molecule has 0 aliphatic heterocycles. The highest BCUT2D eigenvalue weighted by molar-refractivity contribution is 6.06. The number of hydrogen-bond acceptors (Lipinski definition) is 5. The second-order valence-electron chi connectivity index (χ2n) is 6.62. The van der Waals surface area contributed by atoms with E-state index in [2.05, 4.69) is 15.7 Å². The van der Waals surface area contributed by atoms with Gasteiger partial charge in [-0.1, -0.05) is 20.8 Å². The molecule has 0 unspecified atom stereocenters. The fourth-order valence-corrected chi connectivity index (χ4v) is 3.24. The van der Waals surface area contributed by atoms with Gasteiger partial charge in [0, 0.05) is 24.6 Å². The van der Waals surface area contributed by atoms with Crippen LogP contribution in [0.5, 0.6) is 11.5 Å². The van der Waals surface area contributed by atoms with E-state index in [-0.39, 0.29) is 11.8 Å². The van der Waals surface area contributed by atoms with Gasteiger partial charge in [0.1, 0.15) is 5.82 Å². The number of hydrogen-bond donors (Lipinski definition) is 2. The van der Waals surface area contributed by atoms with Gasteiger partial charge >= 0.3 is 0 Å². The van der Waals surface area contributed by atoms with Crippen LogP contribution in [0.15, 0.2) is 12.1 Å². The Bertz CT molecular complexity index is 889. The number of nitrogens with zero attached hydrogens (tertiary/aromatic N) is 2. The number of amides is 2. The molecule has 1 aromatic heterocycles. The van der Waals surface area contributed by atoms with Crippen LogP contribution in [-0.4, -0.2) is 35.8 Å². The third-order valence-corrected chi connectivity index (χ3v) is 4.64. The van der Waals surface area contributed by atoms with E-state index in [0.717, 1.165) is 24.1 Å². The third kappa shape index (κ3) is 4.88. The van der Waals surface area contributed by atoms with Crippen LogP contribution in [0.3, 0.4) is 0 Å². The highest BCUT2D eigenvalue weighted by Crippen LogP contribution is 2.37. The molecule has 0 spiro atoms. The van der Waals surface area contributed by atoms with Crippen molar-refractivity contribution in [2.75, 3.05) is 24.9 Å². The summed E-state index contributed by atoms with van der Waals surface area (Å²) in [4.78, 5) is 25.1. The maximum absolute atomic E-state index is 13.0. The molecule has 1 aromatic carbocycles. The molecule has 158 valence electrons. The third-order valence-electron chi connectivity index (χ3n) is 4.64. The summed E-state index contributed by atoms with van der Waals surface area (Å²) in [6.45, 7) is 5.99. The molecule has 0 radical (unpaired) electrons. The minimum atomic E-state index is -0.322. The Morgan fingerprint density at radius 3 is 2.34 bits per heavy atom. The lowest BCUT2D eigenvalue weighted by Gasteiger charge is -2.16. The summed E-state index contributed by atoms with van der Waals surface area (Å²) in [5, 5.41) is 10.2. The quantitative estimate of drug-likeness (QED) is 0.669. The van der Waals surface area contributed by atoms with Crippen molar-refractivity contribution in [2.45, 2.75) is 46.5 Å². The molecule has 8 nitrogen and oxygen atoms in total. The van der Waals surface area contributed by atoms with Gasteiger partial charge < -0.3 is 20.1 Å². The zero-order chi connectivity index (χ0) is 21.6. The Labute approximate surface area is 171 Å². The number of aryl methyl sites for hydroxylation is 2. The van der Waals surface area contributed by atoms with E-state index in [1.807, 2.05) is 20.8 Å². The number of methoxy groups -OCH3 is 2. The molecule has 0 aliphatic carbocycles. The van der Waals surface area contributed by atoms with E-state index in [4.69, 9.17) is 9.47 Å². The van der Waals surface area contributed by atoms with Gasteiger partial charge in [0.05, 0.1) is 25.6 Å². The summed E-state index contributed by atoms with van der Waals surface area (Å²) in [6.07, 6.45) is 2.63. The zero-order valence-corrected chi connectivity index (χ0v) is 18.0. The smallest absolute Gasteiger partial charge is 0.257 e. The Balaban J connectivity index is 2.42. The summed E-state index contributed by atoms with van der Waals surface area (Å²) in [6, 6.07) is 3.18. The van der Waals surface area contributed by atoms with Crippen LogP contribution in [0, 0.1) is 0 Å². The lowest BCUT2D eigenvalue weighted by molar-refractivity contribution is -0.116. The average molecular weight is 402 g/mol. The second kappa shape index (κ2) is 9.95. The molecule has 2 rings (SSSR count). The highest BCUT2D eigenvalue weighted by Gasteiger charge is 2.20. The molecule has 2 N–H and O–H groups in total. The van der Waals surface area contributed by atoms with Crippen molar-refractivity contribution in [1.29, 1.82) is 0 Å². The molecule has 0 saturated heterocycles. The van der Waals surface area contributed by atoms with E-state index in [1.165, 1.54) is 14.2 Å². The SMILES string of the molecule is CCCC(=O)Nc1cc(C(=O)Nc2c(CC)c(CC)nn2C)cc(OC)c1OC. The first-order valence-corrected chi connectivity index (χ1v) is 9.81. The number of anilines is 2. The molecule has 0 bridgehead atoms. The topological polar surface area (TPSA) is 94.5 Å². The molecule has 0 aliphatic rings. The summed E-state index contributed by atoms with van der Waals surface area (Å²) < 4.78 is 12.4. The van der Waals surface area contributed by atoms with Crippen molar-refractivity contribution in [3.63, 3.8) is 0 Å². The fourth-order valence-electron chi connectivity index (χ4n) is 3.24. The van der Waals surface area contributed by atoms with Crippen LogP contribution in [0.25, 0.3) is 0 Å². The number of benzene rings is 1. The fraction of sp³-hybridized carbons (Fsp3) is 0.476. The molecule has 29 heavy (non-hydrogen) atoms. The number of ether oxygens (including phenoxy) is 2. The molecule has 0 fully saturated rings. The van der Waals surface area contributed by atoms with Crippen LogP contribution < -0.4 is 20.1 Å². The molecule has 0 saturated carbocycles. The van der Waals surface area contributed by atoms with Crippen LogP contribution in [-0.2, 0) is 24.7 Å². The first-order chi connectivity index (χ1) is 13.9. The van der Waals surface area contributed by atoms with Crippen molar-refractivity contribution in [3.8, 4) is 11.5 Å². The second-order valence-corrected chi connectivity index (χ2v) is 6.62. The highest BCUT2D eigenvalue weighted by atomic mass is 16.5. The summed E-state index contributed by atoms with van der Waals surface area (Å²) in [5.41, 5.74) is 2.71. The van der Waals surface area contributed by atoms with Crippen molar-refractivity contribution in [3.05, 3.63) is 29.0 Å². The average Bonchev–Trinajstić information content (AvgIpc) is 3.01. The molecular weight excluding hydrogens is 372 g/mol. The molecular formula is C21H30N4O4. The standard InChI is InChI=1S/C21H30N4O4/c1-7-10-18(26)22-16-11-13(12-17(28-5)19(16)29-6)21(27)23-20-14(8-2)15(9-3)24-25(20)4/h11-12H,7-10H2,1-6H3,(H,22,26)(H,23,27). The summed E-state index contributed by atoms with van der Waals surface area (Å²) in [7, 11) is 4.78. The predicted octanol–water partition coefficient (Wildman–Crippen LogP) is 3.55. The van der Waals surface area contributed by atoms with Crippen molar-refractivity contribution < 1.29 is 19.1 Å². The minimum Gasteiger partial charge on any atom is -0.493 e. The van der Waals surface area contributed by atoms with Gasteiger partial charge in [0.15, 0.2) is 11.5 Å². The Morgan fingerprint density at radius 2 is 1.79 bits per heavy atom. The molecule has 8 heteroatoms. The van der Waals surface area contributed by atoms with E-state index in [0.29, 0.717) is 41.4 Å². The van der Waals surface area contributed by atoms with Gasteiger partial charge in [0.25, 0.3) is 5.91 Å². The number of carbonyl (C=O) groups is 2. The van der Waals surface area contributed by atoms with Gasteiger partial charge in [-0.15, -0.1) is 0 Å². The molecule has 2 amide bonds. The van der Waals surface area contributed by atoms with Crippen LogP contribution >= 0.6 is 0 Å². The van der Waals surface area contributed by atoms with E-state index >= 15 is 0 Å². The van der Waals surface area contributed by atoms with Gasteiger partial charge in [-0.25, -0.2) is 0 Å². The minimum absolute atomic E-state index is 0.155. The normalized spacial score (nSPS) is 10.6. The Kier molecular flexibility index (Phi) is 7.64. The van der Waals surface area contributed by atoms with Crippen LogP contribution in [0.4, 0.5) is 11.5 Å². The first-order valence-electron chi connectivity index (χ1n) is 9.81. The Morgan fingerprint density at radius 1 is 1.07 bits per heavy atom. The monoisotopic (exact) mass is 402 g/mol. The predicted molar refractivity (Wildman–Crippen MR) is 113 cm³/mol. The molecule has 0 atom stereocenters. The molecule has 1 heterocycles. The maximum Gasteiger partial charge on any atom is 0.257 e. The van der Waals surface area contributed by atoms with Crippen LogP contribution in [0.1, 0.15) is 55.2 Å². The summed E-state index contributed by atoms with van der Waals surface area (Å²) in [5.74, 6) is 0.925. The molecule has 2 aromatic rings. The summed E-state index contributed by atoms with van der Waals surface area (Å²) >= 11 is 0. The zero-order valence-electron chi connectivity index (χ0n) is 18.0. The lowest BCUT2D eigenvalue weighted by Crippen LogP contribution is -2.17. The van der Waals surface area contributed by atoms with Crippen molar-refractivity contribution >= 4 is 23.3 Å². The number of nitrogens with one attached hydrogen (secondary N) is 2. The van der Waals surface area contributed by atoms with E-state index < -0.39 is 0 Å². The largest absolute Gasteiger partial charge is 0.493 e. The van der Waals surface area contributed by atoms with Gasteiger partial charge in [-0.3, -0.25) is 14.3 Å². The number of carbonyl (C=O) groups excluding carboxylic acids is 2. The van der Waals surface area contributed by atoms with Crippen molar-refractivity contribution in [2.24, 2.45) is 7.05 Å². The Hall–Kier alpha value is -3.03.